The second-order valence-electron chi connectivity index (χ2n) is 15.4. The van der Waals surface area contributed by atoms with E-state index < -0.39 is 0 Å². The quantitative estimate of drug-likeness (QED) is 0.117. The minimum absolute atomic E-state index is 0.548. The Morgan fingerprint density at radius 2 is 0.803 bits per heavy atom. The van der Waals surface area contributed by atoms with Crippen LogP contribution in [-0.2, 0) is 0 Å². The summed E-state index contributed by atoms with van der Waals surface area (Å²) in [6, 6.07) is 47.2. The first kappa shape index (κ1) is 39.9. The Morgan fingerprint density at radius 1 is 0.348 bits per heavy atom. The van der Waals surface area contributed by atoms with Crippen molar-refractivity contribution in [2.45, 2.75) is 0 Å². The summed E-state index contributed by atoms with van der Waals surface area (Å²) >= 11 is 0. The van der Waals surface area contributed by atoms with Gasteiger partial charge >= 0.3 is 0 Å². The largest absolute Gasteiger partial charge is 0.497 e. The van der Waals surface area contributed by atoms with E-state index in [0.29, 0.717) is 45.9 Å². The molecule has 0 amide bonds. The smallest absolute Gasteiger partial charge is 0.171 e. The van der Waals surface area contributed by atoms with E-state index in [-0.39, 0.29) is 0 Å². The summed E-state index contributed by atoms with van der Waals surface area (Å²) in [4.78, 5) is 19.0. The lowest BCUT2D eigenvalue weighted by Gasteiger charge is -2.13. The minimum atomic E-state index is 0.548. The first-order valence-corrected chi connectivity index (χ1v) is 21.1. The molecule has 66 heavy (non-hydrogen) atoms. The number of benzene rings is 6. The molecule has 0 aliphatic rings. The maximum absolute atomic E-state index is 6.59. The highest BCUT2D eigenvalue weighted by molar-refractivity contribution is 6.11. The summed E-state index contributed by atoms with van der Waals surface area (Å²) < 4.78 is 40.4. The lowest BCUT2D eigenvalue weighted by molar-refractivity contribution is 0.380. The van der Waals surface area contributed by atoms with Crippen LogP contribution in [0.3, 0.4) is 0 Å². The van der Waals surface area contributed by atoms with Gasteiger partial charge in [0.05, 0.1) is 74.3 Å². The second kappa shape index (κ2) is 16.7. The van der Waals surface area contributed by atoms with Crippen molar-refractivity contribution in [1.82, 2.24) is 29.1 Å². The number of fused-ring (bicyclic) bond motifs is 6. The Bertz CT molecular complexity index is 3360. The van der Waals surface area contributed by atoms with Gasteiger partial charge in [0.25, 0.3) is 0 Å². The average molecular weight is 869 g/mol. The molecule has 5 aromatic heterocycles. The molecule has 0 bridgehead atoms. The number of methoxy groups -OCH3 is 4. The van der Waals surface area contributed by atoms with Crippen LogP contribution in [0.5, 0.6) is 46.0 Å². The Hall–Kier alpha value is -8.90. The van der Waals surface area contributed by atoms with Crippen molar-refractivity contribution in [3.05, 3.63) is 170 Å². The first-order valence-electron chi connectivity index (χ1n) is 21.1. The molecule has 0 atom stereocenters. The molecule has 0 aliphatic carbocycles. The molecule has 0 radical (unpaired) electrons. The number of nitrogens with zero attached hydrogens (tertiary/aromatic N) is 6. The number of pyridine rings is 2. The molecule has 12 heteroatoms. The molecular weight excluding hydrogens is 829 g/mol. The third kappa shape index (κ3) is 7.06. The zero-order valence-electron chi connectivity index (χ0n) is 36.3. The summed E-state index contributed by atoms with van der Waals surface area (Å²) in [6.45, 7) is 0. The summed E-state index contributed by atoms with van der Waals surface area (Å²) in [6.07, 6.45) is 7.09. The highest BCUT2D eigenvalue weighted by Gasteiger charge is 2.21. The maximum Gasteiger partial charge on any atom is 0.171 e. The van der Waals surface area contributed by atoms with E-state index in [1.807, 2.05) is 146 Å². The van der Waals surface area contributed by atoms with Crippen molar-refractivity contribution < 1.29 is 28.4 Å². The number of ether oxygens (including phenoxy) is 6. The lowest BCUT2D eigenvalue weighted by Crippen LogP contribution is -1.97. The van der Waals surface area contributed by atoms with Crippen LogP contribution in [0.1, 0.15) is 0 Å². The maximum atomic E-state index is 6.59. The van der Waals surface area contributed by atoms with Crippen molar-refractivity contribution in [2.75, 3.05) is 28.4 Å². The zero-order chi connectivity index (χ0) is 44.7. The Kier molecular flexibility index (Phi) is 10.1. The highest BCUT2D eigenvalue weighted by Crippen LogP contribution is 2.44. The number of hydrogen-bond acceptors (Lipinski definition) is 10. The predicted octanol–water partition coefficient (Wildman–Crippen LogP) is 12.4. The molecule has 0 aliphatic heterocycles. The van der Waals surface area contributed by atoms with Gasteiger partial charge in [-0.1, -0.05) is 36.4 Å². The molecule has 0 spiro atoms. The molecule has 0 fully saturated rings. The van der Waals surface area contributed by atoms with E-state index in [4.69, 9.17) is 38.4 Å². The number of hydrogen-bond donors (Lipinski definition) is 0. The van der Waals surface area contributed by atoms with Gasteiger partial charge in [-0.05, 0) is 97.1 Å². The van der Waals surface area contributed by atoms with Crippen molar-refractivity contribution in [2.24, 2.45) is 0 Å². The van der Waals surface area contributed by atoms with Gasteiger partial charge in [-0.15, -0.1) is 0 Å². The molecule has 11 aromatic rings. The highest BCUT2D eigenvalue weighted by atomic mass is 16.5. The van der Waals surface area contributed by atoms with Gasteiger partial charge in [-0.3, -0.25) is 19.1 Å². The molecule has 11 rings (SSSR count). The van der Waals surface area contributed by atoms with Gasteiger partial charge in [0.1, 0.15) is 34.6 Å². The fourth-order valence-electron chi connectivity index (χ4n) is 8.53. The summed E-state index contributed by atoms with van der Waals surface area (Å²) in [5.41, 5.74) is 6.81. The molecular formula is C54H40N6O6. The van der Waals surface area contributed by atoms with Gasteiger partial charge in [-0.2, -0.15) is 0 Å². The van der Waals surface area contributed by atoms with Crippen molar-refractivity contribution in [1.29, 1.82) is 0 Å². The van der Waals surface area contributed by atoms with Gasteiger partial charge in [0.15, 0.2) is 23.0 Å². The van der Waals surface area contributed by atoms with E-state index in [2.05, 4.69) is 19.1 Å². The zero-order valence-corrected chi connectivity index (χ0v) is 36.3. The first-order chi connectivity index (χ1) is 32.5. The molecule has 6 aromatic carbocycles. The van der Waals surface area contributed by atoms with Crippen LogP contribution in [0.2, 0.25) is 0 Å². The van der Waals surface area contributed by atoms with Crippen LogP contribution in [0.25, 0.3) is 77.8 Å². The summed E-state index contributed by atoms with van der Waals surface area (Å²) in [5.74, 6) is 6.55. The standard InChI is InChI=1S/C54H40N6O6/c1-61-35-17-19-45-39(25-35)41-27-49(63-3)51(29-47(41)59(45)53-15-5-7-21-55-53)65-37-13-9-11-33(23-37)43-31-58-44(32-57-43)34-12-10-14-38(24-34)66-52-30-48-42(28-50(52)64-4)40-26-36(62-2)18-20-46(40)60(48)54-16-6-8-22-56-54/h5-32H,1-4H3. The monoisotopic (exact) mass is 868 g/mol. The van der Waals surface area contributed by atoms with Crippen LogP contribution in [-0.4, -0.2) is 57.5 Å². The summed E-state index contributed by atoms with van der Waals surface area (Å²) in [5, 5.41) is 3.96. The van der Waals surface area contributed by atoms with Gasteiger partial charge in [0.2, 0.25) is 0 Å². The molecule has 0 saturated carbocycles. The van der Waals surface area contributed by atoms with Crippen molar-refractivity contribution in [3.63, 3.8) is 0 Å². The van der Waals surface area contributed by atoms with Gasteiger partial charge < -0.3 is 28.4 Å². The third-order valence-corrected chi connectivity index (χ3v) is 11.6. The molecule has 0 unspecified atom stereocenters. The topological polar surface area (TPSA) is 117 Å². The summed E-state index contributed by atoms with van der Waals surface area (Å²) in [7, 11) is 6.61. The van der Waals surface area contributed by atoms with Crippen LogP contribution in [0.15, 0.2) is 170 Å². The molecule has 0 N–H and O–H groups in total. The molecule has 0 saturated heterocycles. The van der Waals surface area contributed by atoms with E-state index in [9.17, 15) is 0 Å². The fraction of sp³-hybridized carbons (Fsp3) is 0.0741. The Labute approximate surface area is 378 Å². The normalized spacial score (nSPS) is 11.3. The Balaban J connectivity index is 0.883. The second-order valence-corrected chi connectivity index (χ2v) is 15.4. The predicted molar refractivity (Wildman–Crippen MR) is 256 cm³/mol. The van der Waals surface area contributed by atoms with Crippen molar-refractivity contribution >= 4 is 43.6 Å². The van der Waals surface area contributed by atoms with E-state index in [1.54, 1.807) is 53.2 Å². The van der Waals surface area contributed by atoms with Crippen LogP contribution >= 0.6 is 0 Å². The van der Waals surface area contributed by atoms with Crippen LogP contribution in [0.4, 0.5) is 0 Å². The molecule has 5 heterocycles. The lowest BCUT2D eigenvalue weighted by atomic mass is 10.1. The van der Waals surface area contributed by atoms with Crippen molar-refractivity contribution in [3.8, 4) is 80.1 Å². The van der Waals surface area contributed by atoms with Crippen LogP contribution in [0, 0.1) is 0 Å². The number of aromatic nitrogens is 6. The minimum Gasteiger partial charge on any atom is -0.497 e. The van der Waals surface area contributed by atoms with E-state index in [0.717, 1.165) is 77.9 Å². The SMILES string of the molecule is COc1ccc2c(c1)c1cc(OC)c(Oc3cccc(-c4cnc(-c5cccc(Oc6cc7c(cc6OC)c6cc(OC)ccc6n7-c6ccccn6)c5)cn4)c3)cc1n2-c1ccccn1. The van der Waals surface area contributed by atoms with Gasteiger partial charge in [0, 0.05) is 57.2 Å². The third-order valence-electron chi connectivity index (χ3n) is 11.6. The average Bonchev–Trinajstić information content (AvgIpc) is 3.86. The van der Waals surface area contributed by atoms with Gasteiger partial charge in [-0.25, -0.2) is 9.97 Å². The van der Waals surface area contributed by atoms with E-state index in [1.165, 1.54) is 0 Å². The number of rotatable bonds is 12. The Morgan fingerprint density at radius 3 is 1.20 bits per heavy atom. The molecule has 322 valence electrons. The van der Waals surface area contributed by atoms with Crippen LogP contribution < -0.4 is 28.4 Å². The fourth-order valence-corrected chi connectivity index (χ4v) is 8.53. The van der Waals surface area contributed by atoms with E-state index >= 15 is 0 Å². The molecule has 12 nitrogen and oxygen atoms in total.